The number of hydrogen-bond donors (Lipinski definition) is 2. The second-order valence-corrected chi connectivity index (χ2v) is 7.14. The Labute approximate surface area is 165 Å². The molecule has 28 heavy (non-hydrogen) atoms. The first-order valence-electron chi connectivity index (χ1n) is 9.73. The zero-order chi connectivity index (χ0) is 19.3. The van der Waals surface area contributed by atoms with E-state index in [2.05, 4.69) is 38.6 Å². The van der Waals surface area contributed by atoms with Crippen LogP contribution in [0.15, 0.2) is 42.9 Å². The van der Waals surface area contributed by atoms with Crippen LogP contribution in [0.3, 0.4) is 0 Å². The second-order valence-electron chi connectivity index (χ2n) is 7.14. The summed E-state index contributed by atoms with van der Waals surface area (Å²) in [7, 11) is 1.68. The first-order valence-corrected chi connectivity index (χ1v) is 9.73. The molecule has 1 aliphatic carbocycles. The summed E-state index contributed by atoms with van der Waals surface area (Å²) in [6.45, 7) is 1.32. The minimum absolute atomic E-state index is 0.142. The molecule has 0 saturated heterocycles. The maximum atomic E-state index is 6.33. The van der Waals surface area contributed by atoms with Gasteiger partial charge < -0.3 is 15.8 Å². The first-order chi connectivity index (χ1) is 13.7. The van der Waals surface area contributed by atoms with E-state index < -0.39 is 0 Å². The summed E-state index contributed by atoms with van der Waals surface area (Å²) in [5, 5.41) is 7.53. The van der Waals surface area contributed by atoms with Gasteiger partial charge in [-0.05, 0) is 42.5 Å². The number of rotatable bonds is 6. The number of nitrogens with two attached hydrogens (primary N) is 1. The van der Waals surface area contributed by atoms with Gasteiger partial charge in [-0.3, -0.25) is 4.68 Å². The molecule has 0 radical (unpaired) electrons. The number of methoxy groups -OCH3 is 1. The van der Waals surface area contributed by atoms with E-state index >= 15 is 0 Å². The predicted octanol–water partition coefficient (Wildman–Crippen LogP) is 3.46. The van der Waals surface area contributed by atoms with Crippen LogP contribution in [0.1, 0.15) is 36.4 Å². The average molecular weight is 378 g/mol. The van der Waals surface area contributed by atoms with E-state index in [4.69, 9.17) is 10.5 Å². The van der Waals surface area contributed by atoms with Gasteiger partial charge >= 0.3 is 0 Å². The van der Waals surface area contributed by atoms with Crippen LogP contribution in [0, 0.1) is 0 Å². The van der Waals surface area contributed by atoms with Gasteiger partial charge in [-0.1, -0.05) is 18.6 Å². The van der Waals surface area contributed by atoms with Crippen LogP contribution in [0.5, 0.6) is 0 Å². The molecule has 0 fully saturated rings. The molecule has 3 N–H and O–H groups in total. The van der Waals surface area contributed by atoms with Crippen molar-refractivity contribution in [3.8, 4) is 11.3 Å². The third kappa shape index (κ3) is 4.21. The second kappa shape index (κ2) is 8.50. The highest BCUT2D eigenvalue weighted by atomic mass is 16.5. The van der Waals surface area contributed by atoms with Crippen molar-refractivity contribution in [1.29, 1.82) is 0 Å². The highest BCUT2D eigenvalue weighted by Gasteiger charge is 2.16. The van der Waals surface area contributed by atoms with Crippen molar-refractivity contribution >= 4 is 11.6 Å². The summed E-state index contributed by atoms with van der Waals surface area (Å²) in [4.78, 5) is 9.03. The first kappa shape index (κ1) is 18.6. The van der Waals surface area contributed by atoms with Gasteiger partial charge in [0, 0.05) is 31.1 Å². The molecular formula is C21H26N6O. The number of benzene rings is 1. The van der Waals surface area contributed by atoms with Crippen LogP contribution < -0.4 is 11.1 Å². The van der Waals surface area contributed by atoms with Crippen molar-refractivity contribution in [2.24, 2.45) is 5.73 Å². The Morgan fingerprint density at radius 3 is 3.11 bits per heavy atom. The van der Waals surface area contributed by atoms with Crippen molar-refractivity contribution in [2.45, 2.75) is 38.3 Å². The molecule has 1 unspecified atom stereocenters. The lowest BCUT2D eigenvalue weighted by molar-refractivity contribution is 0.183. The molecule has 1 aliphatic rings. The number of aromatic nitrogens is 4. The van der Waals surface area contributed by atoms with Crippen molar-refractivity contribution < 1.29 is 4.74 Å². The van der Waals surface area contributed by atoms with Crippen molar-refractivity contribution in [1.82, 2.24) is 19.7 Å². The van der Waals surface area contributed by atoms with Gasteiger partial charge in [-0.25, -0.2) is 9.97 Å². The minimum Gasteiger partial charge on any atom is -0.383 e. The molecule has 146 valence electrons. The maximum Gasteiger partial charge on any atom is 0.227 e. The Morgan fingerprint density at radius 1 is 1.29 bits per heavy atom. The standard InChI is InChI=1S/C21H26N6O/c1-28-11-10-27-14-17(13-24-27)25-21-23-9-8-20(26-21)16-6-7-18-15(12-16)4-2-3-5-19(18)22/h6-9,12-14,19H,2-5,10-11,22H2,1H3,(H,23,25,26). The number of aryl methyl sites for hydroxylation is 1. The predicted molar refractivity (Wildman–Crippen MR) is 109 cm³/mol. The topological polar surface area (TPSA) is 90.9 Å². The molecule has 7 nitrogen and oxygen atoms in total. The monoisotopic (exact) mass is 378 g/mol. The number of anilines is 2. The number of ether oxygens (including phenoxy) is 1. The van der Waals surface area contributed by atoms with Crippen molar-refractivity contribution in [3.05, 3.63) is 54.0 Å². The molecule has 2 heterocycles. The van der Waals surface area contributed by atoms with Gasteiger partial charge in [0.1, 0.15) is 0 Å². The van der Waals surface area contributed by atoms with E-state index in [9.17, 15) is 0 Å². The summed E-state index contributed by atoms with van der Waals surface area (Å²) in [6, 6.07) is 8.58. The van der Waals surface area contributed by atoms with Gasteiger partial charge in [-0.2, -0.15) is 5.10 Å². The molecule has 0 saturated carbocycles. The summed E-state index contributed by atoms with van der Waals surface area (Å²) in [5.41, 5.74) is 11.8. The van der Waals surface area contributed by atoms with Crippen LogP contribution >= 0.6 is 0 Å². The highest BCUT2D eigenvalue weighted by molar-refractivity contribution is 5.63. The fourth-order valence-corrected chi connectivity index (χ4v) is 3.62. The fourth-order valence-electron chi connectivity index (χ4n) is 3.62. The fraction of sp³-hybridized carbons (Fsp3) is 0.381. The Kier molecular flexibility index (Phi) is 5.64. The lowest BCUT2D eigenvalue weighted by Gasteiger charge is -2.14. The third-order valence-electron chi connectivity index (χ3n) is 5.12. The van der Waals surface area contributed by atoms with E-state index in [1.54, 1.807) is 19.5 Å². The van der Waals surface area contributed by atoms with Gasteiger partial charge in [0.15, 0.2) is 0 Å². The number of nitrogens with one attached hydrogen (secondary N) is 1. The zero-order valence-electron chi connectivity index (χ0n) is 16.1. The molecule has 1 aromatic carbocycles. The molecule has 0 amide bonds. The number of nitrogens with zero attached hydrogens (tertiary/aromatic N) is 4. The molecular weight excluding hydrogens is 352 g/mol. The van der Waals surface area contributed by atoms with Crippen LogP contribution in [-0.2, 0) is 17.7 Å². The van der Waals surface area contributed by atoms with Gasteiger partial charge in [0.2, 0.25) is 5.95 Å². The Morgan fingerprint density at radius 2 is 2.21 bits per heavy atom. The molecule has 0 aliphatic heterocycles. The lowest BCUT2D eigenvalue weighted by atomic mass is 9.96. The molecule has 3 aromatic rings. The average Bonchev–Trinajstić information content (AvgIpc) is 3.08. The third-order valence-corrected chi connectivity index (χ3v) is 5.12. The van der Waals surface area contributed by atoms with Crippen LogP contribution in [-0.4, -0.2) is 33.5 Å². The van der Waals surface area contributed by atoms with Crippen LogP contribution in [0.2, 0.25) is 0 Å². The molecule has 0 spiro atoms. The number of hydrogen-bond acceptors (Lipinski definition) is 6. The highest BCUT2D eigenvalue weighted by Crippen LogP contribution is 2.30. The zero-order valence-corrected chi connectivity index (χ0v) is 16.1. The van der Waals surface area contributed by atoms with E-state index in [0.717, 1.165) is 29.8 Å². The molecule has 0 bridgehead atoms. The van der Waals surface area contributed by atoms with E-state index in [1.165, 1.54) is 24.0 Å². The Bertz CT molecular complexity index is 938. The van der Waals surface area contributed by atoms with E-state index in [1.807, 2.05) is 16.9 Å². The van der Waals surface area contributed by atoms with E-state index in [0.29, 0.717) is 19.1 Å². The summed E-state index contributed by atoms with van der Waals surface area (Å²) in [6.07, 6.45) is 9.96. The molecule has 7 heteroatoms. The molecule has 1 atom stereocenters. The summed E-state index contributed by atoms with van der Waals surface area (Å²) >= 11 is 0. The maximum absolute atomic E-state index is 6.33. The SMILES string of the molecule is COCCn1cc(Nc2nccc(-c3ccc4c(c3)CCCCC4N)n2)cn1. The quantitative estimate of drug-likeness (QED) is 0.639. The summed E-state index contributed by atoms with van der Waals surface area (Å²) < 4.78 is 6.90. The summed E-state index contributed by atoms with van der Waals surface area (Å²) in [5.74, 6) is 0.551. The van der Waals surface area contributed by atoms with E-state index in [-0.39, 0.29) is 6.04 Å². The van der Waals surface area contributed by atoms with Crippen molar-refractivity contribution in [2.75, 3.05) is 19.0 Å². The Hall–Kier alpha value is -2.77. The van der Waals surface area contributed by atoms with Gasteiger partial charge in [-0.15, -0.1) is 0 Å². The number of fused-ring (bicyclic) bond motifs is 1. The normalized spacial score (nSPS) is 16.4. The molecule has 2 aromatic heterocycles. The van der Waals surface area contributed by atoms with Crippen molar-refractivity contribution in [3.63, 3.8) is 0 Å². The minimum atomic E-state index is 0.142. The van der Waals surface area contributed by atoms with Crippen LogP contribution in [0.4, 0.5) is 11.6 Å². The smallest absolute Gasteiger partial charge is 0.227 e. The van der Waals surface area contributed by atoms with Crippen LogP contribution in [0.25, 0.3) is 11.3 Å². The van der Waals surface area contributed by atoms with Gasteiger partial charge in [0.25, 0.3) is 0 Å². The largest absolute Gasteiger partial charge is 0.383 e. The van der Waals surface area contributed by atoms with Gasteiger partial charge in [0.05, 0.1) is 30.7 Å². The molecule has 4 rings (SSSR count). The lowest BCUT2D eigenvalue weighted by Crippen LogP contribution is -2.10. The Balaban J connectivity index is 1.54.